The lowest BCUT2D eigenvalue weighted by Gasteiger charge is -2.35. The highest BCUT2D eigenvalue weighted by Gasteiger charge is 2.37. The number of rotatable bonds is 7. The first-order valence-electron chi connectivity index (χ1n) is 13.8. The Kier molecular flexibility index (Phi) is 8.08. The molecule has 2 aromatic rings. The predicted molar refractivity (Wildman–Crippen MR) is 147 cm³/mol. The van der Waals surface area contributed by atoms with E-state index < -0.39 is 17.7 Å². The van der Waals surface area contributed by atoms with Crippen molar-refractivity contribution in [2.24, 2.45) is 5.92 Å². The second-order valence-electron chi connectivity index (χ2n) is 11.9. The van der Waals surface area contributed by atoms with Gasteiger partial charge in [-0.25, -0.2) is 9.78 Å². The lowest BCUT2D eigenvalue weighted by Crippen LogP contribution is -2.39. The summed E-state index contributed by atoms with van der Waals surface area (Å²) in [5, 5.41) is 10.4. The average molecular weight is 507 g/mol. The van der Waals surface area contributed by atoms with Gasteiger partial charge in [0, 0.05) is 35.3 Å². The van der Waals surface area contributed by atoms with Crippen LogP contribution >= 0.6 is 0 Å². The Morgan fingerprint density at radius 1 is 1.11 bits per heavy atom. The Morgan fingerprint density at radius 3 is 2.43 bits per heavy atom. The molecule has 2 aliphatic rings. The normalized spacial score (nSPS) is 17.6. The average Bonchev–Trinajstić information content (AvgIpc) is 2.83. The number of carboxylic acids is 1. The highest BCUT2D eigenvalue weighted by Crippen LogP contribution is 2.43. The summed E-state index contributed by atoms with van der Waals surface area (Å²) < 4.78 is 6.21. The van der Waals surface area contributed by atoms with Crippen LogP contribution in [-0.2, 0) is 20.7 Å². The van der Waals surface area contributed by atoms with E-state index in [1.807, 2.05) is 38.7 Å². The number of aliphatic carboxylic acids is 1. The number of amides is 1. The van der Waals surface area contributed by atoms with Crippen LogP contribution in [0.2, 0.25) is 0 Å². The molecule has 200 valence electrons. The molecule has 1 amide bonds. The molecule has 37 heavy (non-hydrogen) atoms. The van der Waals surface area contributed by atoms with Gasteiger partial charge >= 0.3 is 5.97 Å². The molecule has 0 radical (unpaired) electrons. The Hall–Kier alpha value is -2.73. The van der Waals surface area contributed by atoms with E-state index in [9.17, 15) is 14.7 Å². The van der Waals surface area contributed by atoms with Crippen LogP contribution in [0.3, 0.4) is 0 Å². The quantitative estimate of drug-likeness (QED) is 0.443. The fourth-order valence-corrected chi connectivity index (χ4v) is 5.86. The lowest BCUT2D eigenvalue weighted by atomic mass is 9.85. The molecule has 1 aromatic carbocycles. The fraction of sp³-hybridized carbons (Fsp3) is 0.581. The van der Waals surface area contributed by atoms with E-state index >= 15 is 0 Å². The third-order valence-electron chi connectivity index (χ3n) is 7.88. The van der Waals surface area contributed by atoms with Gasteiger partial charge in [-0.15, -0.1) is 0 Å². The molecule has 1 N–H and O–H groups in total. The van der Waals surface area contributed by atoms with E-state index in [-0.39, 0.29) is 5.91 Å². The number of hydrogen-bond acceptors (Lipinski definition) is 4. The molecule has 6 nitrogen and oxygen atoms in total. The van der Waals surface area contributed by atoms with Crippen LogP contribution in [0.15, 0.2) is 18.2 Å². The number of pyridine rings is 1. The number of nitrogens with zero attached hydrogens (tertiary/aromatic N) is 2. The van der Waals surface area contributed by atoms with Gasteiger partial charge in [0.05, 0.1) is 5.60 Å². The number of aromatic nitrogens is 1. The highest BCUT2D eigenvalue weighted by molar-refractivity contribution is 5.97. The third-order valence-corrected chi connectivity index (χ3v) is 7.88. The predicted octanol–water partition coefficient (Wildman–Crippen LogP) is 6.86. The molecule has 4 rings (SSSR count). The number of anilines is 1. The van der Waals surface area contributed by atoms with E-state index in [4.69, 9.17) is 9.72 Å². The van der Waals surface area contributed by atoms with E-state index in [1.54, 1.807) is 0 Å². The topological polar surface area (TPSA) is 79.7 Å². The molecule has 1 aromatic heterocycles. The minimum atomic E-state index is -1.17. The molecular weight excluding hydrogens is 464 g/mol. The second kappa shape index (κ2) is 10.9. The molecule has 1 aliphatic carbocycles. The van der Waals surface area contributed by atoms with Crippen LogP contribution in [0.1, 0.15) is 99.8 Å². The van der Waals surface area contributed by atoms with Crippen LogP contribution < -0.4 is 4.90 Å². The van der Waals surface area contributed by atoms with Crippen molar-refractivity contribution < 1.29 is 19.4 Å². The summed E-state index contributed by atoms with van der Waals surface area (Å²) in [5.74, 6) is 0.302. The Balaban J connectivity index is 1.87. The number of hydrogen-bond donors (Lipinski definition) is 1. The van der Waals surface area contributed by atoms with E-state index in [2.05, 4.69) is 26.0 Å². The van der Waals surface area contributed by atoms with Crippen molar-refractivity contribution in [2.75, 3.05) is 11.4 Å². The van der Waals surface area contributed by atoms with Crippen molar-refractivity contribution in [1.29, 1.82) is 0 Å². The summed E-state index contributed by atoms with van der Waals surface area (Å²) >= 11 is 0. The van der Waals surface area contributed by atoms with Crippen LogP contribution in [-0.4, -0.2) is 34.1 Å². The summed E-state index contributed by atoms with van der Waals surface area (Å²) in [6.07, 6.45) is 6.88. The van der Waals surface area contributed by atoms with Gasteiger partial charge in [-0.05, 0) is 77.0 Å². The first-order valence-corrected chi connectivity index (χ1v) is 13.8. The van der Waals surface area contributed by atoms with Crippen LogP contribution in [0.25, 0.3) is 11.1 Å². The van der Waals surface area contributed by atoms with Crippen LogP contribution in [0.5, 0.6) is 0 Å². The van der Waals surface area contributed by atoms with Crippen LogP contribution in [0, 0.1) is 26.7 Å². The summed E-state index contributed by atoms with van der Waals surface area (Å²) in [6, 6.07) is 6.20. The number of ether oxygens (including phenoxy) is 1. The van der Waals surface area contributed by atoms with Gasteiger partial charge in [0.25, 0.3) is 0 Å². The largest absolute Gasteiger partial charge is 0.479 e. The second-order valence-corrected chi connectivity index (χ2v) is 11.9. The van der Waals surface area contributed by atoms with Crippen molar-refractivity contribution in [1.82, 2.24) is 4.98 Å². The molecule has 0 saturated heterocycles. The SMILES string of the molecule is Cc1ccc(-c2c(C)nc3c(c2C(OC(C)(C)C)C(=O)O)CCC(=O)N3CCC2CCCCC2)cc1C. The molecule has 0 bridgehead atoms. The summed E-state index contributed by atoms with van der Waals surface area (Å²) in [5.41, 5.74) is 5.57. The van der Waals surface area contributed by atoms with Crippen molar-refractivity contribution in [3.8, 4) is 11.1 Å². The smallest absolute Gasteiger partial charge is 0.337 e. The van der Waals surface area contributed by atoms with Gasteiger partial charge < -0.3 is 9.84 Å². The standard InChI is InChI=1S/C31H42N2O4/c1-19-12-13-23(18-20(19)2)26-21(3)32-29-24(27(26)28(30(35)36)37-31(4,5)6)14-15-25(34)33(29)17-16-22-10-8-7-9-11-22/h12-13,18,22,28H,7-11,14-17H2,1-6H3,(H,35,36). The Labute approximate surface area is 221 Å². The lowest BCUT2D eigenvalue weighted by molar-refractivity contribution is -0.160. The first kappa shape index (κ1) is 27.3. The molecule has 1 saturated carbocycles. The van der Waals surface area contributed by atoms with Gasteiger partial charge in [-0.3, -0.25) is 9.69 Å². The first-order chi connectivity index (χ1) is 17.5. The molecule has 1 fully saturated rings. The maximum atomic E-state index is 13.2. The van der Waals surface area contributed by atoms with Gasteiger partial charge in [0.15, 0.2) is 6.10 Å². The van der Waals surface area contributed by atoms with E-state index in [0.29, 0.717) is 36.7 Å². The zero-order valence-electron chi connectivity index (χ0n) is 23.3. The number of carbonyl (C=O) groups is 2. The zero-order chi connectivity index (χ0) is 26.9. The monoisotopic (exact) mass is 506 g/mol. The molecular formula is C31H42N2O4. The molecule has 6 heteroatoms. The van der Waals surface area contributed by atoms with Gasteiger partial charge in [-0.1, -0.05) is 50.3 Å². The van der Waals surface area contributed by atoms with Crippen LogP contribution in [0.4, 0.5) is 5.82 Å². The number of benzene rings is 1. The molecule has 0 spiro atoms. The van der Waals surface area contributed by atoms with Crippen molar-refractivity contribution >= 4 is 17.7 Å². The summed E-state index contributed by atoms with van der Waals surface area (Å²) in [7, 11) is 0. The minimum absolute atomic E-state index is 0.0729. The molecule has 1 atom stereocenters. The number of aryl methyl sites for hydroxylation is 3. The van der Waals surface area contributed by atoms with Gasteiger partial charge in [0.1, 0.15) is 5.82 Å². The van der Waals surface area contributed by atoms with Crippen molar-refractivity contribution in [3.05, 3.63) is 46.1 Å². The maximum Gasteiger partial charge on any atom is 0.337 e. The van der Waals surface area contributed by atoms with Gasteiger partial charge in [0.2, 0.25) is 5.91 Å². The Morgan fingerprint density at radius 2 is 1.81 bits per heavy atom. The highest BCUT2D eigenvalue weighted by atomic mass is 16.5. The number of carboxylic acid groups (broad SMARTS) is 1. The van der Waals surface area contributed by atoms with Crippen molar-refractivity contribution in [2.45, 2.75) is 105 Å². The number of fused-ring (bicyclic) bond motifs is 1. The van der Waals surface area contributed by atoms with E-state index in [1.165, 1.54) is 37.7 Å². The third kappa shape index (κ3) is 6.06. The molecule has 2 heterocycles. The van der Waals surface area contributed by atoms with Crippen molar-refractivity contribution in [3.63, 3.8) is 0 Å². The Bertz CT molecular complexity index is 1170. The minimum Gasteiger partial charge on any atom is -0.479 e. The zero-order valence-corrected chi connectivity index (χ0v) is 23.3. The summed E-state index contributed by atoms with van der Waals surface area (Å²) in [6.45, 7) is 12.3. The van der Waals surface area contributed by atoms with Gasteiger partial charge in [-0.2, -0.15) is 0 Å². The fourth-order valence-electron chi connectivity index (χ4n) is 5.86. The number of carbonyl (C=O) groups excluding carboxylic acids is 1. The molecule has 1 unspecified atom stereocenters. The van der Waals surface area contributed by atoms with E-state index in [0.717, 1.165) is 34.4 Å². The molecule has 1 aliphatic heterocycles. The maximum absolute atomic E-state index is 13.2. The summed E-state index contributed by atoms with van der Waals surface area (Å²) in [4.78, 5) is 32.7.